The van der Waals surface area contributed by atoms with Crippen LogP contribution in [0.25, 0.3) is 5.69 Å². The van der Waals surface area contributed by atoms with E-state index < -0.39 is 44.9 Å². The van der Waals surface area contributed by atoms with Crippen LogP contribution in [0.15, 0.2) is 41.2 Å². The summed E-state index contributed by atoms with van der Waals surface area (Å²) in [6, 6.07) is 7.08. The number of hydrogen-bond donors (Lipinski definition) is 1. The molecule has 9 nitrogen and oxygen atoms in total. The van der Waals surface area contributed by atoms with Gasteiger partial charge < -0.3 is 4.74 Å². The normalized spacial score (nSPS) is 11.8. The topological polar surface area (TPSA) is 112 Å². The third-order valence-electron chi connectivity index (χ3n) is 4.61. The van der Waals surface area contributed by atoms with Crippen LogP contribution in [-0.4, -0.2) is 33.9 Å². The number of rotatable bonds is 7. The van der Waals surface area contributed by atoms with E-state index in [1.165, 1.54) is 45.0 Å². The first-order valence-electron chi connectivity index (χ1n) is 9.61. The maximum absolute atomic E-state index is 14.5. The summed E-state index contributed by atoms with van der Waals surface area (Å²) in [5.41, 5.74) is -1.70. The van der Waals surface area contributed by atoms with Crippen molar-refractivity contribution in [2.75, 3.05) is 0 Å². The average Bonchev–Trinajstić information content (AvgIpc) is 3.04. The van der Waals surface area contributed by atoms with Crippen LogP contribution < -0.4 is 15.1 Å². The van der Waals surface area contributed by atoms with Gasteiger partial charge in [0, 0.05) is 11.6 Å². The van der Waals surface area contributed by atoms with Crippen LogP contribution in [0.4, 0.5) is 13.2 Å². The first-order chi connectivity index (χ1) is 15.8. The summed E-state index contributed by atoms with van der Waals surface area (Å²) in [6.07, 6.45) is 0. The van der Waals surface area contributed by atoms with E-state index in [1.54, 1.807) is 0 Å². The minimum Gasteiger partial charge on any atom is -0.456 e. The van der Waals surface area contributed by atoms with Crippen LogP contribution in [0.2, 0.25) is 5.02 Å². The maximum Gasteiger partial charge on any atom is 0.355 e. The Bertz CT molecular complexity index is 1400. The highest BCUT2D eigenvalue weighted by atomic mass is 35.5. The molecule has 0 bridgehead atoms. The number of aromatic nitrogens is 3. The molecule has 3 rings (SSSR count). The van der Waals surface area contributed by atoms with Gasteiger partial charge in [0.25, 0.3) is 5.91 Å². The van der Waals surface area contributed by atoms with Crippen molar-refractivity contribution in [3.05, 3.63) is 69.1 Å². The highest BCUT2D eigenvalue weighted by Crippen LogP contribution is 2.33. The summed E-state index contributed by atoms with van der Waals surface area (Å²) in [5.74, 6) is -2.17. The highest BCUT2D eigenvalue weighted by molar-refractivity contribution is 7.90. The van der Waals surface area contributed by atoms with Crippen LogP contribution >= 0.6 is 11.6 Å². The number of halogens is 4. The number of hydrogen-bond acceptors (Lipinski definition) is 6. The number of nitrogens with zero attached hydrogens (tertiary/aromatic N) is 3. The number of carbonyl (C=O) groups is 1. The zero-order chi connectivity index (χ0) is 25.4. The smallest absolute Gasteiger partial charge is 0.355 e. The van der Waals surface area contributed by atoms with E-state index in [2.05, 4.69) is 5.10 Å². The van der Waals surface area contributed by atoms with Crippen LogP contribution in [0.5, 0.6) is 11.5 Å². The van der Waals surface area contributed by atoms with E-state index in [9.17, 15) is 31.2 Å². The third-order valence-corrected chi connectivity index (χ3v) is 6.61. The molecule has 34 heavy (non-hydrogen) atoms. The summed E-state index contributed by atoms with van der Waals surface area (Å²) in [4.78, 5) is 24.4. The Morgan fingerprint density at radius 1 is 1.18 bits per heavy atom. The minimum absolute atomic E-state index is 0.0297. The van der Waals surface area contributed by atoms with Crippen LogP contribution in [0.3, 0.4) is 0 Å². The SMILES string of the molecule is Cc1nn(-c2cc(Oc3ccc(C(=O)NS(=O)(=O)C(C)C)cc3)c(Cl)cc2F)c(=O)n1C(F)F. The van der Waals surface area contributed by atoms with E-state index in [1.807, 2.05) is 4.72 Å². The van der Waals surface area contributed by atoms with Gasteiger partial charge in [-0.3, -0.25) is 4.79 Å². The lowest BCUT2D eigenvalue weighted by Gasteiger charge is -2.12. The maximum atomic E-state index is 14.5. The second-order valence-electron chi connectivity index (χ2n) is 7.27. The lowest BCUT2D eigenvalue weighted by Crippen LogP contribution is -2.35. The number of ether oxygens (including phenoxy) is 1. The third kappa shape index (κ3) is 5.09. The van der Waals surface area contributed by atoms with Gasteiger partial charge in [0.1, 0.15) is 23.0 Å². The molecular weight excluding hydrogens is 501 g/mol. The number of sulfonamides is 1. The number of nitrogens with one attached hydrogen (secondary N) is 1. The standard InChI is InChI=1S/C20H18ClF3N4O5S/c1-10(2)34(31,32)26-18(29)12-4-6-13(7-5-12)33-17-9-16(15(22)8-14(17)21)28-20(30)27(19(23)24)11(3)25-28/h4-10,19H,1-3H3,(H,26,29). The molecule has 0 unspecified atom stereocenters. The Kier molecular flexibility index (Phi) is 7.07. The van der Waals surface area contributed by atoms with Gasteiger partial charge in [-0.25, -0.2) is 26.9 Å². The molecule has 2 aromatic carbocycles. The minimum atomic E-state index is -3.82. The van der Waals surface area contributed by atoms with Crippen molar-refractivity contribution in [2.24, 2.45) is 0 Å². The van der Waals surface area contributed by atoms with Gasteiger partial charge >= 0.3 is 12.2 Å². The van der Waals surface area contributed by atoms with Crippen molar-refractivity contribution in [3.63, 3.8) is 0 Å². The van der Waals surface area contributed by atoms with E-state index in [-0.39, 0.29) is 32.5 Å². The quantitative estimate of drug-likeness (QED) is 0.509. The molecule has 1 heterocycles. The van der Waals surface area contributed by atoms with Crippen molar-refractivity contribution >= 4 is 27.5 Å². The van der Waals surface area contributed by atoms with Gasteiger partial charge in [-0.1, -0.05) is 11.6 Å². The summed E-state index contributed by atoms with van der Waals surface area (Å²) >= 11 is 6.02. The summed E-state index contributed by atoms with van der Waals surface area (Å²) < 4.78 is 72.4. The second kappa shape index (κ2) is 9.50. The summed E-state index contributed by atoms with van der Waals surface area (Å²) in [7, 11) is -3.82. The Morgan fingerprint density at radius 3 is 2.32 bits per heavy atom. The van der Waals surface area contributed by atoms with Crippen LogP contribution in [0.1, 0.15) is 36.6 Å². The molecule has 0 saturated heterocycles. The average molecular weight is 519 g/mol. The number of amides is 1. The van der Waals surface area contributed by atoms with Crippen molar-refractivity contribution in [3.8, 4) is 17.2 Å². The molecule has 1 amide bonds. The molecule has 1 aromatic heterocycles. The van der Waals surface area contributed by atoms with Gasteiger partial charge in [0.2, 0.25) is 10.0 Å². The molecule has 1 N–H and O–H groups in total. The van der Waals surface area contributed by atoms with Gasteiger partial charge in [0.05, 0.1) is 10.3 Å². The number of benzene rings is 2. The summed E-state index contributed by atoms with van der Waals surface area (Å²) in [5, 5.41) is 2.67. The Hall–Kier alpha value is -3.32. The monoisotopic (exact) mass is 518 g/mol. The molecule has 0 saturated carbocycles. The van der Waals surface area contributed by atoms with E-state index in [0.29, 0.717) is 4.68 Å². The lowest BCUT2D eigenvalue weighted by atomic mass is 10.2. The fraction of sp³-hybridized carbons (Fsp3) is 0.250. The highest BCUT2D eigenvalue weighted by Gasteiger charge is 2.22. The van der Waals surface area contributed by atoms with E-state index in [4.69, 9.17) is 16.3 Å². The predicted octanol–water partition coefficient (Wildman–Crippen LogP) is 3.79. The fourth-order valence-electron chi connectivity index (χ4n) is 2.72. The van der Waals surface area contributed by atoms with E-state index >= 15 is 0 Å². The fourth-order valence-corrected chi connectivity index (χ4v) is 3.52. The molecule has 3 aromatic rings. The molecule has 182 valence electrons. The molecule has 0 aliphatic rings. The van der Waals surface area contributed by atoms with Gasteiger partial charge in [-0.15, -0.1) is 5.10 Å². The first-order valence-corrected chi connectivity index (χ1v) is 11.5. The lowest BCUT2D eigenvalue weighted by molar-refractivity contribution is 0.0640. The molecule has 0 aliphatic heterocycles. The van der Waals surface area contributed by atoms with Crippen molar-refractivity contribution in [1.29, 1.82) is 0 Å². The van der Waals surface area contributed by atoms with Gasteiger partial charge in [0.15, 0.2) is 5.82 Å². The van der Waals surface area contributed by atoms with Crippen molar-refractivity contribution in [1.82, 2.24) is 19.1 Å². The second-order valence-corrected chi connectivity index (χ2v) is 9.92. The van der Waals surface area contributed by atoms with E-state index in [0.717, 1.165) is 12.1 Å². The first kappa shape index (κ1) is 25.3. The largest absolute Gasteiger partial charge is 0.456 e. The molecule has 14 heteroatoms. The number of aryl methyl sites for hydroxylation is 1. The number of carbonyl (C=O) groups excluding carboxylic acids is 1. The van der Waals surface area contributed by atoms with Gasteiger partial charge in [-0.05, 0) is 51.1 Å². The Balaban J connectivity index is 1.89. The zero-order valence-electron chi connectivity index (χ0n) is 17.9. The molecule has 0 aliphatic carbocycles. The molecule has 0 atom stereocenters. The molecular formula is C20H18ClF3N4O5S. The molecule has 0 spiro atoms. The Morgan fingerprint density at radius 2 is 1.79 bits per heavy atom. The zero-order valence-corrected chi connectivity index (χ0v) is 19.5. The van der Waals surface area contributed by atoms with Crippen LogP contribution in [0, 0.1) is 12.7 Å². The van der Waals surface area contributed by atoms with Gasteiger partial charge in [-0.2, -0.15) is 13.5 Å². The molecule has 0 radical (unpaired) electrons. The van der Waals surface area contributed by atoms with Crippen molar-refractivity contribution in [2.45, 2.75) is 32.6 Å². The molecule has 0 fully saturated rings. The van der Waals surface area contributed by atoms with Crippen molar-refractivity contribution < 1.29 is 31.1 Å². The summed E-state index contributed by atoms with van der Waals surface area (Å²) in [6.45, 7) is 0.833. The number of alkyl halides is 2. The van der Waals surface area contributed by atoms with Crippen LogP contribution in [-0.2, 0) is 10.0 Å². The predicted molar refractivity (Wildman–Crippen MR) is 117 cm³/mol. The Labute approximate surface area is 196 Å².